The average molecular weight is 396 g/mol. The summed E-state index contributed by atoms with van der Waals surface area (Å²) in [7, 11) is 0. The maximum absolute atomic E-state index is 12.2. The van der Waals surface area contributed by atoms with E-state index in [0.717, 1.165) is 16.0 Å². The highest BCUT2D eigenvalue weighted by Crippen LogP contribution is 2.34. The molecule has 0 fully saturated rings. The largest absolute Gasteiger partial charge is 0.506 e. The van der Waals surface area contributed by atoms with Gasteiger partial charge in [0.05, 0.1) is 4.88 Å². The highest BCUT2D eigenvalue weighted by molar-refractivity contribution is 7.16. The first kappa shape index (κ1) is 17.5. The zero-order valence-corrected chi connectivity index (χ0v) is 15.8. The van der Waals surface area contributed by atoms with Crippen molar-refractivity contribution in [2.24, 2.45) is 0 Å². The Kier molecular flexibility index (Phi) is 4.56. The lowest BCUT2D eigenvalue weighted by Crippen LogP contribution is -2.06. The van der Waals surface area contributed by atoms with Crippen LogP contribution < -0.4 is 5.63 Å². The van der Waals surface area contributed by atoms with Crippen molar-refractivity contribution in [3.05, 3.63) is 86.2 Å². The van der Waals surface area contributed by atoms with Gasteiger partial charge in [0.25, 0.3) is 0 Å². The van der Waals surface area contributed by atoms with Crippen molar-refractivity contribution in [1.29, 1.82) is 0 Å². The van der Waals surface area contributed by atoms with Gasteiger partial charge in [0.15, 0.2) is 11.3 Å². The maximum atomic E-state index is 12.2. The van der Waals surface area contributed by atoms with E-state index in [0.29, 0.717) is 21.0 Å². The van der Waals surface area contributed by atoms with Crippen molar-refractivity contribution in [2.75, 3.05) is 0 Å². The number of aliphatic hydroxyl groups excluding tert-OH is 1. The third-order valence-electron chi connectivity index (χ3n) is 4.06. The SMILES string of the molecule is Cc1cc(-c2ccccc2)sc1/C(O)=C/c1nc2cc(Cl)ccc2oc1=O. The van der Waals surface area contributed by atoms with Gasteiger partial charge in [0, 0.05) is 16.0 Å². The third kappa shape index (κ3) is 3.52. The van der Waals surface area contributed by atoms with Crippen LogP contribution in [-0.4, -0.2) is 10.1 Å². The summed E-state index contributed by atoms with van der Waals surface area (Å²) in [5.74, 6) is -0.0270. The number of hydrogen-bond acceptors (Lipinski definition) is 5. The van der Waals surface area contributed by atoms with Gasteiger partial charge in [-0.15, -0.1) is 11.3 Å². The number of aromatic nitrogens is 1. The predicted octanol–water partition coefficient (Wildman–Crippen LogP) is 5.93. The van der Waals surface area contributed by atoms with Crippen LogP contribution in [0.5, 0.6) is 0 Å². The fourth-order valence-corrected chi connectivity index (χ4v) is 4.02. The van der Waals surface area contributed by atoms with E-state index in [1.165, 1.54) is 17.4 Å². The Balaban J connectivity index is 1.77. The molecular formula is C21H14ClNO3S. The molecule has 0 amide bonds. The molecule has 0 radical (unpaired) electrons. The summed E-state index contributed by atoms with van der Waals surface area (Å²) in [6.07, 6.45) is 1.33. The molecule has 2 aromatic carbocycles. The molecule has 4 rings (SSSR count). The Bertz CT molecular complexity index is 1230. The normalized spacial score (nSPS) is 11.9. The molecule has 0 atom stereocenters. The Morgan fingerprint density at radius 3 is 2.74 bits per heavy atom. The summed E-state index contributed by atoms with van der Waals surface area (Å²) in [5.41, 5.74) is 2.20. The fraction of sp³-hybridized carbons (Fsp3) is 0.0476. The van der Waals surface area contributed by atoms with Crippen LogP contribution in [0.4, 0.5) is 0 Å². The molecule has 0 aliphatic rings. The smallest absolute Gasteiger partial charge is 0.362 e. The van der Waals surface area contributed by atoms with Gasteiger partial charge in [0.2, 0.25) is 0 Å². The number of halogens is 1. The number of rotatable bonds is 3. The first-order valence-corrected chi connectivity index (χ1v) is 9.38. The summed E-state index contributed by atoms with van der Waals surface area (Å²) in [5, 5.41) is 11.1. The van der Waals surface area contributed by atoms with E-state index in [4.69, 9.17) is 16.0 Å². The molecule has 2 heterocycles. The molecule has 6 heteroatoms. The second-order valence-electron chi connectivity index (χ2n) is 6.02. The van der Waals surface area contributed by atoms with Crippen molar-refractivity contribution in [2.45, 2.75) is 6.92 Å². The highest BCUT2D eigenvalue weighted by atomic mass is 35.5. The van der Waals surface area contributed by atoms with Crippen molar-refractivity contribution in [3.8, 4) is 10.4 Å². The Hall–Kier alpha value is -2.89. The zero-order valence-electron chi connectivity index (χ0n) is 14.3. The van der Waals surface area contributed by atoms with Gasteiger partial charge < -0.3 is 9.52 Å². The van der Waals surface area contributed by atoms with Gasteiger partial charge in [-0.1, -0.05) is 41.9 Å². The lowest BCUT2D eigenvalue weighted by molar-refractivity contribution is 0.515. The molecule has 0 spiro atoms. The third-order valence-corrected chi connectivity index (χ3v) is 5.60. The van der Waals surface area contributed by atoms with Crippen molar-refractivity contribution in [1.82, 2.24) is 4.98 Å². The minimum atomic E-state index is -0.617. The summed E-state index contributed by atoms with van der Waals surface area (Å²) in [6, 6.07) is 16.8. The molecule has 0 saturated heterocycles. The lowest BCUT2D eigenvalue weighted by Gasteiger charge is -2.01. The first-order valence-electron chi connectivity index (χ1n) is 8.18. The van der Waals surface area contributed by atoms with Gasteiger partial charge in [-0.25, -0.2) is 9.78 Å². The van der Waals surface area contributed by atoms with Crippen LogP contribution in [0.25, 0.3) is 33.4 Å². The van der Waals surface area contributed by atoms with Crippen LogP contribution in [0.1, 0.15) is 16.1 Å². The van der Waals surface area contributed by atoms with Crippen LogP contribution in [0.15, 0.2) is 63.8 Å². The van der Waals surface area contributed by atoms with Crippen LogP contribution in [-0.2, 0) is 0 Å². The van der Waals surface area contributed by atoms with Crippen LogP contribution in [0.3, 0.4) is 0 Å². The molecule has 2 aromatic heterocycles. The van der Waals surface area contributed by atoms with E-state index in [1.54, 1.807) is 18.2 Å². The molecule has 27 heavy (non-hydrogen) atoms. The van der Waals surface area contributed by atoms with Crippen molar-refractivity contribution < 1.29 is 9.52 Å². The number of thiophene rings is 1. The topological polar surface area (TPSA) is 63.3 Å². The summed E-state index contributed by atoms with van der Waals surface area (Å²) in [4.78, 5) is 18.2. The molecule has 0 unspecified atom stereocenters. The Morgan fingerprint density at radius 1 is 1.19 bits per heavy atom. The molecule has 0 saturated carbocycles. The highest BCUT2D eigenvalue weighted by Gasteiger charge is 2.13. The van der Waals surface area contributed by atoms with Crippen molar-refractivity contribution >= 4 is 45.9 Å². The minimum Gasteiger partial charge on any atom is -0.506 e. The van der Waals surface area contributed by atoms with E-state index < -0.39 is 5.63 Å². The van der Waals surface area contributed by atoms with Gasteiger partial charge in [-0.05, 0) is 42.3 Å². The number of aryl methyl sites for hydroxylation is 1. The summed E-state index contributed by atoms with van der Waals surface area (Å²) < 4.78 is 5.26. The van der Waals surface area contributed by atoms with E-state index >= 15 is 0 Å². The predicted molar refractivity (Wildman–Crippen MR) is 110 cm³/mol. The first-order chi connectivity index (χ1) is 13.0. The molecular weight excluding hydrogens is 382 g/mol. The second-order valence-corrected chi connectivity index (χ2v) is 7.51. The minimum absolute atomic E-state index is 0.0244. The van der Waals surface area contributed by atoms with Crippen LogP contribution in [0.2, 0.25) is 5.02 Å². The molecule has 0 aliphatic heterocycles. The number of fused-ring (bicyclic) bond motifs is 1. The lowest BCUT2D eigenvalue weighted by atomic mass is 10.1. The van der Waals surface area contributed by atoms with Crippen LogP contribution in [0, 0.1) is 6.92 Å². The molecule has 134 valence electrons. The second kappa shape index (κ2) is 7.02. The Labute approximate surface area is 164 Å². The molecule has 1 N–H and O–H groups in total. The van der Waals surface area contributed by atoms with Gasteiger partial charge >= 0.3 is 5.63 Å². The van der Waals surface area contributed by atoms with Crippen molar-refractivity contribution in [3.63, 3.8) is 0 Å². The summed E-state index contributed by atoms with van der Waals surface area (Å²) >= 11 is 7.42. The molecule has 4 aromatic rings. The van der Waals surface area contributed by atoms with E-state index in [-0.39, 0.29) is 11.5 Å². The van der Waals surface area contributed by atoms with E-state index in [1.807, 2.05) is 43.3 Å². The van der Waals surface area contributed by atoms with Crippen LogP contribution >= 0.6 is 22.9 Å². The van der Waals surface area contributed by atoms with Gasteiger partial charge in [-0.2, -0.15) is 0 Å². The number of hydrogen-bond donors (Lipinski definition) is 1. The standard InChI is InChI=1S/C21H14ClNO3S/c1-12-9-19(13-5-3-2-4-6-13)27-20(12)17(24)11-16-21(25)26-18-8-7-14(22)10-15(18)23-16/h2-11,24H,1H3/b17-11-. The van der Waals surface area contributed by atoms with E-state index in [2.05, 4.69) is 4.98 Å². The molecule has 0 bridgehead atoms. The zero-order chi connectivity index (χ0) is 19.0. The van der Waals surface area contributed by atoms with Gasteiger partial charge in [-0.3, -0.25) is 0 Å². The number of aliphatic hydroxyl groups is 1. The molecule has 4 nitrogen and oxygen atoms in total. The van der Waals surface area contributed by atoms with Gasteiger partial charge in [0.1, 0.15) is 11.3 Å². The monoisotopic (exact) mass is 395 g/mol. The summed E-state index contributed by atoms with van der Waals surface area (Å²) in [6.45, 7) is 1.92. The molecule has 0 aliphatic carbocycles. The fourth-order valence-electron chi connectivity index (χ4n) is 2.76. The maximum Gasteiger partial charge on any atom is 0.362 e. The van der Waals surface area contributed by atoms with E-state index in [9.17, 15) is 9.90 Å². The Morgan fingerprint density at radius 2 is 1.96 bits per heavy atom. The average Bonchev–Trinajstić information content (AvgIpc) is 3.05. The quantitative estimate of drug-likeness (QED) is 0.436. The number of nitrogens with zero attached hydrogens (tertiary/aromatic N) is 1. The number of benzene rings is 2.